The van der Waals surface area contributed by atoms with Gasteiger partial charge in [0.25, 0.3) is 0 Å². The summed E-state index contributed by atoms with van der Waals surface area (Å²) in [6.07, 6.45) is 4.05. The lowest BCUT2D eigenvalue weighted by atomic mass is 9.99. The van der Waals surface area contributed by atoms with E-state index < -0.39 is 0 Å². The lowest BCUT2D eigenvalue weighted by molar-refractivity contribution is 0.172. The first-order chi connectivity index (χ1) is 18.7. The molecule has 0 saturated carbocycles. The van der Waals surface area contributed by atoms with E-state index in [1.54, 1.807) is 0 Å². The molecule has 0 bridgehead atoms. The highest BCUT2D eigenvalue weighted by Gasteiger charge is 2.30. The second-order valence-corrected chi connectivity index (χ2v) is 11.5. The Bertz CT molecular complexity index is 1490. The highest BCUT2D eigenvalue weighted by molar-refractivity contribution is 5.80. The molecule has 2 aliphatic heterocycles. The molecule has 39 heavy (non-hydrogen) atoms. The molecule has 3 aromatic heterocycles. The summed E-state index contributed by atoms with van der Waals surface area (Å²) in [5.74, 6) is 5.04. The highest BCUT2D eigenvalue weighted by Crippen LogP contribution is 2.39. The molecule has 6 rings (SSSR count). The highest BCUT2D eigenvalue weighted by atomic mass is 16.5. The van der Waals surface area contributed by atoms with Gasteiger partial charge in [0, 0.05) is 50.5 Å². The zero-order valence-corrected chi connectivity index (χ0v) is 24.1. The van der Waals surface area contributed by atoms with Crippen LogP contribution in [-0.4, -0.2) is 78.3 Å². The van der Waals surface area contributed by atoms with Crippen LogP contribution in [-0.2, 0) is 13.6 Å². The van der Waals surface area contributed by atoms with Crippen LogP contribution in [0.15, 0.2) is 30.6 Å². The maximum atomic E-state index is 6.28. The number of imidazole rings is 1. The van der Waals surface area contributed by atoms with Gasteiger partial charge in [-0.2, -0.15) is 10.2 Å². The zero-order valence-electron chi connectivity index (χ0n) is 24.1. The summed E-state index contributed by atoms with van der Waals surface area (Å²) in [4.78, 5) is 14.7. The first kappa shape index (κ1) is 25.6. The molecule has 1 fully saturated rings. The molecule has 0 radical (unpaired) electrons. The maximum absolute atomic E-state index is 6.28. The standard InChI is InChI=1S/C29H39N9O/c1-18(2)25-17-37(11-10-34(25)6)29-23(15-30-35(29)7)21-8-9-22-26(14-21)39-13-12-36-16-24(32-27(22)36)28-31-20(5)33-38(28)19(3)4/h8-9,14-16,18-19,25H,10-13,17H2,1-7H3/t25-/m0/s1. The van der Waals surface area contributed by atoms with Crippen molar-refractivity contribution in [2.24, 2.45) is 13.0 Å². The largest absolute Gasteiger partial charge is 0.491 e. The van der Waals surface area contributed by atoms with E-state index in [0.717, 1.165) is 77.6 Å². The van der Waals surface area contributed by atoms with Crippen molar-refractivity contribution in [3.8, 4) is 39.8 Å². The number of piperazine rings is 1. The number of rotatable bonds is 5. The van der Waals surface area contributed by atoms with Crippen LogP contribution in [0.3, 0.4) is 0 Å². The van der Waals surface area contributed by atoms with Crippen molar-refractivity contribution in [2.75, 3.05) is 38.2 Å². The molecule has 0 amide bonds. The Morgan fingerprint density at radius 1 is 0.974 bits per heavy atom. The average Bonchev–Trinajstić information content (AvgIpc) is 3.58. The predicted molar refractivity (Wildman–Crippen MR) is 153 cm³/mol. The maximum Gasteiger partial charge on any atom is 0.178 e. The van der Waals surface area contributed by atoms with Crippen LogP contribution >= 0.6 is 0 Å². The van der Waals surface area contributed by atoms with Crippen molar-refractivity contribution in [2.45, 2.75) is 53.2 Å². The molecule has 10 nitrogen and oxygen atoms in total. The predicted octanol–water partition coefficient (Wildman–Crippen LogP) is 4.27. The van der Waals surface area contributed by atoms with Crippen LogP contribution in [0.25, 0.3) is 34.0 Å². The van der Waals surface area contributed by atoms with Crippen LogP contribution in [0.4, 0.5) is 5.82 Å². The van der Waals surface area contributed by atoms with Gasteiger partial charge >= 0.3 is 0 Å². The number of aromatic nitrogens is 7. The second-order valence-electron chi connectivity index (χ2n) is 11.5. The summed E-state index contributed by atoms with van der Waals surface area (Å²) in [7, 11) is 4.27. The molecule has 0 spiro atoms. The third kappa shape index (κ3) is 4.50. The van der Waals surface area contributed by atoms with Crippen LogP contribution < -0.4 is 9.64 Å². The minimum absolute atomic E-state index is 0.200. The molecule has 0 N–H and O–H groups in total. The molecule has 5 heterocycles. The Morgan fingerprint density at radius 2 is 1.79 bits per heavy atom. The second kappa shape index (κ2) is 9.82. The molecule has 0 aliphatic carbocycles. The Kier molecular flexibility index (Phi) is 6.45. The number of likely N-dealkylation sites (N-methyl/N-ethyl adjacent to an activating group) is 1. The molecule has 1 aromatic carbocycles. The number of anilines is 1. The van der Waals surface area contributed by atoms with E-state index in [0.29, 0.717) is 18.6 Å². The van der Waals surface area contributed by atoms with E-state index in [-0.39, 0.29) is 6.04 Å². The number of benzene rings is 1. The van der Waals surface area contributed by atoms with Gasteiger partial charge in [-0.3, -0.25) is 9.58 Å². The van der Waals surface area contributed by atoms with Crippen molar-refractivity contribution < 1.29 is 4.74 Å². The van der Waals surface area contributed by atoms with Crippen molar-refractivity contribution >= 4 is 5.82 Å². The van der Waals surface area contributed by atoms with Gasteiger partial charge in [0.1, 0.15) is 35.5 Å². The number of ether oxygens (including phenoxy) is 1. The first-order valence-electron chi connectivity index (χ1n) is 14.0. The third-order valence-electron chi connectivity index (χ3n) is 8.03. The lowest BCUT2D eigenvalue weighted by Crippen LogP contribution is -2.54. The minimum Gasteiger partial charge on any atom is -0.491 e. The van der Waals surface area contributed by atoms with Crippen molar-refractivity contribution in [1.29, 1.82) is 0 Å². The average molecular weight is 530 g/mol. The lowest BCUT2D eigenvalue weighted by Gasteiger charge is -2.42. The van der Waals surface area contributed by atoms with Crippen LogP contribution in [0, 0.1) is 12.8 Å². The number of aryl methyl sites for hydroxylation is 2. The number of nitrogens with zero attached hydrogens (tertiary/aromatic N) is 9. The smallest absolute Gasteiger partial charge is 0.178 e. The topological polar surface area (TPSA) is 82.1 Å². The molecule has 2 aliphatic rings. The molecule has 206 valence electrons. The monoisotopic (exact) mass is 529 g/mol. The Balaban J connectivity index is 1.36. The Morgan fingerprint density at radius 3 is 2.56 bits per heavy atom. The fourth-order valence-electron chi connectivity index (χ4n) is 5.94. The Hall–Kier alpha value is -3.66. The molecule has 0 unspecified atom stereocenters. The minimum atomic E-state index is 0.200. The van der Waals surface area contributed by atoms with Crippen LogP contribution in [0.1, 0.15) is 39.6 Å². The Labute approximate surface area is 230 Å². The zero-order chi connectivity index (χ0) is 27.4. The molecule has 4 aromatic rings. The summed E-state index contributed by atoms with van der Waals surface area (Å²) in [5.41, 5.74) is 4.05. The first-order valence-corrected chi connectivity index (χ1v) is 14.0. The summed E-state index contributed by atoms with van der Waals surface area (Å²) in [6, 6.07) is 7.16. The van der Waals surface area contributed by atoms with E-state index >= 15 is 0 Å². The van der Waals surface area contributed by atoms with E-state index in [4.69, 9.17) is 9.72 Å². The summed E-state index contributed by atoms with van der Waals surface area (Å²) in [5, 5.41) is 9.26. The SMILES string of the molecule is Cc1nc(-c2cn3c(n2)-c2ccc(-c4cnn(C)c4N4CCN(C)[C@H](C(C)C)C4)cc2OCC3)n(C(C)C)n1. The molecule has 10 heteroatoms. The molecular weight excluding hydrogens is 490 g/mol. The van der Waals surface area contributed by atoms with Gasteiger partial charge < -0.3 is 14.2 Å². The quantitative estimate of drug-likeness (QED) is 0.382. The third-order valence-corrected chi connectivity index (χ3v) is 8.03. The van der Waals surface area contributed by atoms with Gasteiger partial charge in [0.15, 0.2) is 5.82 Å². The summed E-state index contributed by atoms with van der Waals surface area (Å²) in [6.45, 7) is 15.1. The van der Waals surface area contributed by atoms with Gasteiger partial charge in [-0.15, -0.1) is 0 Å². The summed E-state index contributed by atoms with van der Waals surface area (Å²) < 4.78 is 12.4. The number of hydrogen-bond donors (Lipinski definition) is 0. The van der Waals surface area contributed by atoms with E-state index in [9.17, 15) is 0 Å². The number of fused-ring (bicyclic) bond motifs is 3. The van der Waals surface area contributed by atoms with Gasteiger partial charge in [-0.1, -0.05) is 19.9 Å². The van der Waals surface area contributed by atoms with Gasteiger partial charge in [-0.25, -0.2) is 14.6 Å². The fraction of sp³-hybridized carbons (Fsp3) is 0.517. The van der Waals surface area contributed by atoms with Crippen molar-refractivity contribution in [1.82, 2.24) is 39.0 Å². The number of hydrogen-bond acceptors (Lipinski definition) is 7. The van der Waals surface area contributed by atoms with Crippen molar-refractivity contribution in [3.05, 3.63) is 36.4 Å². The van der Waals surface area contributed by atoms with Crippen molar-refractivity contribution in [3.63, 3.8) is 0 Å². The molecular formula is C29H39N9O. The summed E-state index contributed by atoms with van der Waals surface area (Å²) >= 11 is 0. The van der Waals surface area contributed by atoms with E-state index in [1.165, 1.54) is 0 Å². The van der Waals surface area contributed by atoms with Crippen LogP contribution in [0.5, 0.6) is 5.75 Å². The normalized spacial score (nSPS) is 17.9. The van der Waals surface area contributed by atoms with Gasteiger partial charge in [0.2, 0.25) is 0 Å². The van der Waals surface area contributed by atoms with E-state index in [2.05, 4.69) is 88.7 Å². The van der Waals surface area contributed by atoms with E-state index in [1.807, 2.05) is 29.5 Å². The molecule has 1 saturated heterocycles. The molecule has 1 atom stereocenters. The van der Waals surface area contributed by atoms with Crippen LogP contribution in [0.2, 0.25) is 0 Å². The fourth-order valence-corrected chi connectivity index (χ4v) is 5.94. The van der Waals surface area contributed by atoms with Gasteiger partial charge in [0.05, 0.1) is 18.3 Å². The van der Waals surface area contributed by atoms with Gasteiger partial charge in [-0.05, 0) is 51.4 Å².